The van der Waals surface area contributed by atoms with E-state index in [1.807, 2.05) is 19.1 Å². The normalized spacial score (nSPS) is 11.2. The van der Waals surface area contributed by atoms with E-state index < -0.39 is 6.10 Å². The van der Waals surface area contributed by atoms with Gasteiger partial charge < -0.3 is 14.8 Å². The Bertz CT molecular complexity index is 703. The molecule has 1 unspecified atom stereocenters. The first-order chi connectivity index (χ1) is 11.7. The van der Waals surface area contributed by atoms with Gasteiger partial charge >= 0.3 is 0 Å². The number of amides is 1. The highest BCUT2D eigenvalue weighted by Crippen LogP contribution is 2.20. The van der Waals surface area contributed by atoms with Gasteiger partial charge in [0.25, 0.3) is 5.91 Å². The van der Waals surface area contributed by atoms with Crippen LogP contribution in [0.3, 0.4) is 0 Å². The topological polar surface area (TPSA) is 71.3 Å². The van der Waals surface area contributed by atoms with Gasteiger partial charge in [-0.3, -0.25) is 4.79 Å². The number of carbonyl (C=O) groups is 1. The average molecular weight is 324 g/mol. The van der Waals surface area contributed by atoms with Crippen molar-refractivity contribution in [3.8, 4) is 17.6 Å². The van der Waals surface area contributed by atoms with Crippen molar-refractivity contribution in [1.82, 2.24) is 5.32 Å². The highest BCUT2D eigenvalue weighted by molar-refractivity contribution is 5.80. The van der Waals surface area contributed by atoms with Crippen molar-refractivity contribution in [3.63, 3.8) is 0 Å². The van der Waals surface area contributed by atoms with Crippen LogP contribution >= 0.6 is 0 Å². The maximum absolute atomic E-state index is 11.6. The quantitative estimate of drug-likeness (QED) is 0.850. The second-order valence-electron chi connectivity index (χ2n) is 5.20. The predicted octanol–water partition coefficient (Wildman–Crippen LogP) is 3.04. The van der Waals surface area contributed by atoms with Gasteiger partial charge in [-0.15, -0.1) is 0 Å². The smallest absolute Gasteiger partial charge is 0.260 e. The molecule has 0 fully saturated rings. The number of nitrogens with zero attached hydrogens (tertiary/aromatic N) is 1. The number of carbonyl (C=O) groups excluding carboxylic acids is 1. The SMILES string of the molecule is CCC(Oc1ccc(OCc2ccc(C#N)cc2)cc1)C(=O)NC. The van der Waals surface area contributed by atoms with E-state index in [0.29, 0.717) is 30.1 Å². The molecule has 5 heteroatoms. The molecule has 2 rings (SSSR count). The first-order valence-corrected chi connectivity index (χ1v) is 7.76. The molecule has 0 spiro atoms. The number of hydrogen-bond acceptors (Lipinski definition) is 4. The molecule has 0 aromatic heterocycles. The standard InChI is InChI=1S/C19H20N2O3/c1-3-18(19(22)21-2)24-17-10-8-16(9-11-17)23-13-15-6-4-14(12-20)5-7-15/h4-11,18H,3,13H2,1-2H3,(H,21,22). The number of nitrogens with one attached hydrogen (secondary N) is 1. The minimum Gasteiger partial charge on any atom is -0.489 e. The van der Waals surface area contributed by atoms with E-state index >= 15 is 0 Å². The fourth-order valence-corrected chi connectivity index (χ4v) is 2.10. The average Bonchev–Trinajstić information content (AvgIpc) is 2.65. The lowest BCUT2D eigenvalue weighted by molar-refractivity contribution is -0.127. The number of likely N-dealkylation sites (N-methyl/N-ethyl adjacent to an activating group) is 1. The Labute approximate surface area is 141 Å². The van der Waals surface area contributed by atoms with Crippen molar-refractivity contribution in [2.24, 2.45) is 0 Å². The third-order valence-corrected chi connectivity index (χ3v) is 3.50. The summed E-state index contributed by atoms with van der Waals surface area (Å²) in [6, 6.07) is 16.5. The summed E-state index contributed by atoms with van der Waals surface area (Å²) < 4.78 is 11.4. The van der Waals surface area contributed by atoms with Gasteiger partial charge in [-0.2, -0.15) is 5.26 Å². The Morgan fingerprint density at radius 2 is 1.75 bits per heavy atom. The van der Waals surface area contributed by atoms with Crippen molar-refractivity contribution in [3.05, 3.63) is 59.7 Å². The van der Waals surface area contributed by atoms with Gasteiger partial charge in [0, 0.05) is 7.05 Å². The molecule has 5 nitrogen and oxygen atoms in total. The van der Waals surface area contributed by atoms with Gasteiger partial charge in [0.15, 0.2) is 6.10 Å². The van der Waals surface area contributed by atoms with Crippen LogP contribution in [0.1, 0.15) is 24.5 Å². The highest BCUT2D eigenvalue weighted by Gasteiger charge is 2.16. The van der Waals surface area contributed by atoms with E-state index in [1.165, 1.54) is 0 Å². The maximum atomic E-state index is 11.6. The molecule has 0 radical (unpaired) electrons. The third-order valence-electron chi connectivity index (χ3n) is 3.50. The van der Waals surface area contributed by atoms with Crippen molar-refractivity contribution >= 4 is 5.91 Å². The molecule has 124 valence electrons. The number of nitriles is 1. The fraction of sp³-hybridized carbons (Fsp3) is 0.263. The second kappa shape index (κ2) is 8.59. The van der Waals surface area contributed by atoms with Crippen LogP contribution < -0.4 is 14.8 Å². The van der Waals surface area contributed by atoms with Crippen LogP contribution in [0.2, 0.25) is 0 Å². The predicted molar refractivity (Wildman–Crippen MR) is 90.7 cm³/mol. The number of rotatable bonds is 7. The molecule has 0 saturated carbocycles. The fourth-order valence-electron chi connectivity index (χ4n) is 2.10. The Morgan fingerprint density at radius 3 is 2.29 bits per heavy atom. The van der Waals surface area contributed by atoms with Gasteiger partial charge in [-0.25, -0.2) is 0 Å². The Morgan fingerprint density at radius 1 is 1.12 bits per heavy atom. The number of benzene rings is 2. The largest absolute Gasteiger partial charge is 0.489 e. The second-order valence-corrected chi connectivity index (χ2v) is 5.20. The van der Waals surface area contributed by atoms with Crippen LogP contribution in [0.15, 0.2) is 48.5 Å². The number of hydrogen-bond donors (Lipinski definition) is 1. The van der Waals surface area contributed by atoms with Crippen LogP contribution in [0.4, 0.5) is 0 Å². The molecule has 24 heavy (non-hydrogen) atoms. The van der Waals surface area contributed by atoms with Crippen LogP contribution in [0.5, 0.6) is 11.5 Å². The first-order valence-electron chi connectivity index (χ1n) is 7.76. The zero-order valence-corrected chi connectivity index (χ0v) is 13.8. The summed E-state index contributed by atoms with van der Waals surface area (Å²) in [6.07, 6.45) is 0.0943. The van der Waals surface area contributed by atoms with Gasteiger partial charge in [0.2, 0.25) is 0 Å². The molecule has 2 aromatic rings. The lowest BCUT2D eigenvalue weighted by Gasteiger charge is -2.16. The van der Waals surface area contributed by atoms with E-state index in [0.717, 1.165) is 5.56 Å². The molecule has 0 heterocycles. The van der Waals surface area contributed by atoms with Gasteiger partial charge in [-0.1, -0.05) is 19.1 Å². The monoisotopic (exact) mass is 324 g/mol. The summed E-state index contributed by atoms with van der Waals surface area (Å²) >= 11 is 0. The summed E-state index contributed by atoms with van der Waals surface area (Å²) in [4.78, 5) is 11.6. The minimum absolute atomic E-state index is 0.140. The van der Waals surface area contributed by atoms with Crippen molar-refractivity contribution in [2.75, 3.05) is 7.05 Å². The molecule has 0 aliphatic heterocycles. The molecule has 0 bridgehead atoms. The Hall–Kier alpha value is -3.00. The Balaban J connectivity index is 1.91. The zero-order chi connectivity index (χ0) is 17.4. The van der Waals surface area contributed by atoms with Crippen LogP contribution in [0.25, 0.3) is 0 Å². The summed E-state index contributed by atoms with van der Waals surface area (Å²) in [7, 11) is 1.59. The van der Waals surface area contributed by atoms with Gasteiger partial charge in [0.05, 0.1) is 11.6 Å². The van der Waals surface area contributed by atoms with Crippen molar-refractivity contribution in [2.45, 2.75) is 26.1 Å². The third kappa shape index (κ3) is 4.75. The molecule has 1 N–H and O–H groups in total. The van der Waals surface area contributed by atoms with Crippen LogP contribution in [-0.4, -0.2) is 19.1 Å². The van der Waals surface area contributed by atoms with E-state index in [1.54, 1.807) is 43.4 Å². The van der Waals surface area contributed by atoms with E-state index in [-0.39, 0.29) is 5.91 Å². The lowest BCUT2D eigenvalue weighted by atomic mass is 10.2. The van der Waals surface area contributed by atoms with Crippen LogP contribution in [0, 0.1) is 11.3 Å². The van der Waals surface area contributed by atoms with Crippen LogP contribution in [-0.2, 0) is 11.4 Å². The minimum atomic E-state index is -0.500. The lowest BCUT2D eigenvalue weighted by Crippen LogP contribution is -2.35. The summed E-state index contributed by atoms with van der Waals surface area (Å²) in [5.41, 5.74) is 1.61. The van der Waals surface area contributed by atoms with Crippen molar-refractivity contribution in [1.29, 1.82) is 5.26 Å². The molecule has 1 atom stereocenters. The van der Waals surface area contributed by atoms with Gasteiger partial charge in [-0.05, 0) is 48.4 Å². The molecular weight excluding hydrogens is 304 g/mol. The molecule has 0 aliphatic carbocycles. The molecule has 0 saturated heterocycles. The Kier molecular flexibility index (Phi) is 6.21. The maximum Gasteiger partial charge on any atom is 0.260 e. The number of ether oxygens (including phenoxy) is 2. The van der Waals surface area contributed by atoms with E-state index in [4.69, 9.17) is 14.7 Å². The van der Waals surface area contributed by atoms with Crippen molar-refractivity contribution < 1.29 is 14.3 Å². The summed E-state index contributed by atoms with van der Waals surface area (Å²) in [5.74, 6) is 1.19. The molecule has 1 amide bonds. The zero-order valence-electron chi connectivity index (χ0n) is 13.8. The summed E-state index contributed by atoms with van der Waals surface area (Å²) in [5, 5.41) is 11.4. The highest BCUT2D eigenvalue weighted by atomic mass is 16.5. The summed E-state index contributed by atoms with van der Waals surface area (Å²) in [6.45, 7) is 2.32. The molecule has 2 aromatic carbocycles. The van der Waals surface area contributed by atoms with E-state index in [2.05, 4.69) is 11.4 Å². The molecular formula is C19H20N2O3. The van der Waals surface area contributed by atoms with Gasteiger partial charge in [0.1, 0.15) is 18.1 Å². The first kappa shape index (κ1) is 17.4. The van der Waals surface area contributed by atoms with E-state index in [9.17, 15) is 4.79 Å². The molecule has 0 aliphatic rings.